The Bertz CT molecular complexity index is 1100. The number of benzene rings is 1. The normalized spacial score (nSPS) is 19.3. The molecule has 10 heteroatoms. The first-order valence-corrected chi connectivity index (χ1v) is 12.4. The molecule has 1 aromatic heterocycles. The number of urea groups is 1. The summed E-state index contributed by atoms with van der Waals surface area (Å²) in [7, 11) is 1.64. The number of nitrogens with one attached hydrogen (secondary N) is 1. The van der Waals surface area contributed by atoms with Crippen LogP contribution in [0, 0.1) is 0 Å². The van der Waals surface area contributed by atoms with Gasteiger partial charge in [-0.25, -0.2) is 9.59 Å². The molecule has 0 spiro atoms. The van der Waals surface area contributed by atoms with E-state index in [1.165, 1.54) is 16.2 Å². The number of amides is 3. The highest BCUT2D eigenvalue weighted by Crippen LogP contribution is 2.34. The maximum Gasteiger partial charge on any atom is 0.338 e. The second-order valence-corrected chi connectivity index (χ2v) is 9.44. The Labute approximate surface area is 207 Å². The number of thiophene rings is 1. The number of likely N-dealkylation sites (N-methyl/N-ethyl adjacent to an activating group) is 1. The smallest absolute Gasteiger partial charge is 0.338 e. The SMILES string of the molecule is CCOC(=O)C1=C(CN2CCN(C(=O)c3cccs3)CC2)N(C)C(=O)NC1c1ccccc1Cl. The molecule has 1 unspecified atom stereocenters. The van der Waals surface area contributed by atoms with Crippen LogP contribution in [0.1, 0.15) is 28.2 Å². The van der Waals surface area contributed by atoms with Gasteiger partial charge in [0.15, 0.2) is 0 Å². The van der Waals surface area contributed by atoms with E-state index in [9.17, 15) is 14.4 Å². The van der Waals surface area contributed by atoms with Gasteiger partial charge in [0, 0.05) is 50.5 Å². The maximum absolute atomic E-state index is 13.1. The van der Waals surface area contributed by atoms with Crippen LogP contribution < -0.4 is 5.32 Å². The van der Waals surface area contributed by atoms with E-state index in [0.29, 0.717) is 54.6 Å². The van der Waals surface area contributed by atoms with Gasteiger partial charge in [0.2, 0.25) is 0 Å². The Morgan fingerprint density at radius 2 is 1.88 bits per heavy atom. The number of hydrogen-bond acceptors (Lipinski definition) is 6. The number of hydrogen-bond donors (Lipinski definition) is 1. The van der Waals surface area contributed by atoms with E-state index in [2.05, 4.69) is 10.2 Å². The maximum atomic E-state index is 13.1. The Morgan fingerprint density at radius 3 is 2.53 bits per heavy atom. The van der Waals surface area contributed by atoms with Gasteiger partial charge < -0.3 is 15.0 Å². The van der Waals surface area contributed by atoms with E-state index in [1.807, 2.05) is 28.5 Å². The molecule has 3 heterocycles. The predicted molar refractivity (Wildman–Crippen MR) is 131 cm³/mol. The summed E-state index contributed by atoms with van der Waals surface area (Å²) in [5, 5.41) is 5.24. The number of esters is 1. The number of ether oxygens (including phenoxy) is 1. The molecule has 1 atom stereocenters. The van der Waals surface area contributed by atoms with Crippen LogP contribution in [0.3, 0.4) is 0 Å². The van der Waals surface area contributed by atoms with Crippen molar-refractivity contribution >= 4 is 40.8 Å². The minimum atomic E-state index is -0.715. The third-order valence-corrected chi connectivity index (χ3v) is 7.26. The molecule has 2 aliphatic heterocycles. The molecule has 0 saturated carbocycles. The molecule has 3 amide bonds. The molecule has 1 N–H and O–H groups in total. The molecule has 180 valence electrons. The number of carbonyl (C=O) groups is 3. The lowest BCUT2D eigenvalue weighted by Crippen LogP contribution is -2.53. The molecule has 1 saturated heterocycles. The first-order chi connectivity index (χ1) is 16.4. The number of rotatable bonds is 6. The van der Waals surface area contributed by atoms with Crippen molar-refractivity contribution in [3.63, 3.8) is 0 Å². The van der Waals surface area contributed by atoms with Crippen LogP contribution in [0.4, 0.5) is 4.79 Å². The van der Waals surface area contributed by atoms with E-state index in [1.54, 1.807) is 32.2 Å². The Morgan fingerprint density at radius 1 is 1.15 bits per heavy atom. The Kier molecular flexibility index (Phi) is 7.55. The van der Waals surface area contributed by atoms with E-state index in [-0.39, 0.29) is 18.5 Å². The highest BCUT2D eigenvalue weighted by molar-refractivity contribution is 7.12. The summed E-state index contributed by atoms with van der Waals surface area (Å²) in [6.07, 6.45) is 0. The van der Waals surface area contributed by atoms with Crippen LogP contribution in [-0.2, 0) is 9.53 Å². The van der Waals surface area contributed by atoms with Crippen molar-refractivity contribution in [1.29, 1.82) is 0 Å². The van der Waals surface area contributed by atoms with E-state index in [0.717, 1.165) is 4.88 Å². The fourth-order valence-electron chi connectivity index (χ4n) is 4.22. The molecule has 4 rings (SSSR count). The van der Waals surface area contributed by atoms with Gasteiger partial charge in [-0.3, -0.25) is 14.6 Å². The molecule has 2 aliphatic rings. The Balaban J connectivity index is 1.59. The lowest BCUT2D eigenvalue weighted by Gasteiger charge is -2.39. The molecule has 1 aromatic carbocycles. The Hall–Kier alpha value is -2.88. The zero-order chi connectivity index (χ0) is 24.2. The zero-order valence-corrected chi connectivity index (χ0v) is 20.7. The summed E-state index contributed by atoms with van der Waals surface area (Å²) >= 11 is 7.87. The van der Waals surface area contributed by atoms with Crippen molar-refractivity contribution in [2.24, 2.45) is 0 Å². The van der Waals surface area contributed by atoms with Crippen molar-refractivity contribution in [3.05, 3.63) is 68.5 Å². The van der Waals surface area contributed by atoms with Gasteiger partial charge in [-0.05, 0) is 30.0 Å². The van der Waals surface area contributed by atoms with Gasteiger partial charge in [-0.15, -0.1) is 11.3 Å². The quantitative estimate of drug-likeness (QED) is 0.612. The third-order valence-electron chi connectivity index (χ3n) is 6.05. The van der Waals surface area contributed by atoms with Crippen LogP contribution in [0.5, 0.6) is 0 Å². The highest BCUT2D eigenvalue weighted by Gasteiger charge is 2.38. The van der Waals surface area contributed by atoms with Gasteiger partial charge in [0.05, 0.1) is 23.1 Å². The average Bonchev–Trinajstić information content (AvgIpc) is 3.37. The van der Waals surface area contributed by atoms with E-state index in [4.69, 9.17) is 16.3 Å². The summed E-state index contributed by atoms with van der Waals surface area (Å²) in [4.78, 5) is 44.8. The van der Waals surface area contributed by atoms with E-state index < -0.39 is 12.0 Å². The second-order valence-electron chi connectivity index (χ2n) is 8.09. The van der Waals surface area contributed by atoms with Gasteiger partial charge in [0.1, 0.15) is 0 Å². The minimum absolute atomic E-state index is 0.0361. The lowest BCUT2D eigenvalue weighted by molar-refractivity contribution is -0.139. The lowest BCUT2D eigenvalue weighted by atomic mass is 9.94. The summed E-state index contributed by atoms with van der Waals surface area (Å²) in [5.74, 6) is -0.449. The van der Waals surface area contributed by atoms with Gasteiger partial charge in [0.25, 0.3) is 5.91 Å². The van der Waals surface area contributed by atoms with Crippen molar-refractivity contribution in [1.82, 2.24) is 20.0 Å². The summed E-state index contributed by atoms with van der Waals surface area (Å²) in [5.41, 5.74) is 1.58. The molecule has 0 aliphatic carbocycles. The number of nitrogens with zero attached hydrogens (tertiary/aromatic N) is 3. The standard InChI is InChI=1S/C24H27ClN4O4S/c1-3-33-23(31)20-18(27(2)24(32)26-21(20)16-7-4-5-8-17(16)25)15-28-10-12-29(13-11-28)22(30)19-9-6-14-34-19/h4-9,14,21H,3,10-13,15H2,1-2H3,(H,26,32). The molecule has 2 aromatic rings. The van der Waals surface area contributed by atoms with Crippen LogP contribution in [0.15, 0.2) is 53.0 Å². The fourth-order valence-corrected chi connectivity index (χ4v) is 5.15. The largest absolute Gasteiger partial charge is 0.463 e. The molecule has 1 fully saturated rings. The molecule has 34 heavy (non-hydrogen) atoms. The second kappa shape index (κ2) is 10.6. The van der Waals surface area contributed by atoms with Gasteiger partial charge >= 0.3 is 12.0 Å². The topological polar surface area (TPSA) is 82.2 Å². The zero-order valence-electron chi connectivity index (χ0n) is 19.1. The minimum Gasteiger partial charge on any atom is -0.463 e. The molecule has 0 bridgehead atoms. The first kappa shape index (κ1) is 24.3. The first-order valence-electron chi connectivity index (χ1n) is 11.1. The van der Waals surface area contributed by atoms with Gasteiger partial charge in [-0.2, -0.15) is 0 Å². The highest BCUT2D eigenvalue weighted by atomic mass is 35.5. The average molecular weight is 503 g/mol. The van der Waals surface area contributed by atoms with Crippen molar-refractivity contribution < 1.29 is 19.1 Å². The van der Waals surface area contributed by atoms with Crippen LogP contribution in [-0.4, -0.2) is 79.0 Å². The van der Waals surface area contributed by atoms with E-state index >= 15 is 0 Å². The van der Waals surface area contributed by atoms with Gasteiger partial charge in [-0.1, -0.05) is 35.9 Å². The predicted octanol–water partition coefficient (Wildman–Crippen LogP) is 3.37. The number of halogens is 1. The number of carbonyl (C=O) groups excluding carboxylic acids is 3. The monoisotopic (exact) mass is 502 g/mol. The van der Waals surface area contributed by atoms with Crippen molar-refractivity contribution in [2.45, 2.75) is 13.0 Å². The summed E-state index contributed by atoms with van der Waals surface area (Å²) in [6, 6.07) is 9.81. The van der Waals surface area contributed by atoms with Crippen LogP contribution in [0.2, 0.25) is 5.02 Å². The van der Waals surface area contributed by atoms with Crippen molar-refractivity contribution in [2.75, 3.05) is 46.4 Å². The van der Waals surface area contributed by atoms with Crippen LogP contribution in [0.25, 0.3) is 0 Å². The molecule has 0 radical (unpaired) electrons. The summed E-state index contributed by atoms with van der Waals surface area (Å²) < 4.78 is 5.38. The molecule has 8 nitrogen and oxygen atoms in total. The fraction of sp³-hybridized carbons (Fsp3) is 0.375. The summed E-state index contributed by atoms with van der Waals surface area (Å²) in [6.45, 7) is 4.74. The number of piperazine rings is 1. The molecular formula is C24H27ClN4O4S. The van der Waals surface area contributed by atoms with Crippen LogP contribution >= 0.6 is 22.9 Å². The third kappa shape index (κ3) is 4.96. The molecular weight excluding hydrogens is 476 g/mol. The van der Waals surface area contributed by atoms with Crippen molar-refractivity contribution in [3.8, 4) is 0 Å².